The minimum Gasteiger partial charge on any atom is -0.477 e. The number of ether oxygens (including phenoxy) is 1. The Morgan fingerprint density at radius 3 is 2.42 bits per heavy atom. The molecule has 0 aliphatic rings. The Morgan fingerprint density at radius 2 is 2.05 bits per heavy atom. The van der Waals surface area contributed by atoms with Gasteiger partial charge in [-0.3, -0.25) is 0 Å². The van der Waals surface area contributed by atoms with Crippen LogP contribution in [-0.4, -0.2) is 22.4 Å². The molecule has 1 N–H and O–H groups in total. The first kappa shape index (κ1) is 15.6. The summed E-state index contributed by atoms with van der Waals surface area (Å²) < 4.78 is 65.2. The highest BCUT2D eigenvalue weighted by Crippen LogP contribution is 2.36. The summed E-state index contributed by atoms with van der Waals surface area (Å²) in [5.41, 5.74) is -2.55. The molecule has 0 fully saturated rings. The third kappa shape index (κ3) is 4.01. The summed E-state index contributed by atoms with van der Waals surface area (Å²) in [5.74, 6) is -2.83. The van der Waals surface area contributed by atoms with Gasteiger partial charge in [-0.25, -0.2) is 18.6 Å². The van der Waals surface area contributed by atoms with Crippen molar-refractivity contribution in [3.05, 3.63) is 23.0 Å². The number of nitrogens with zero attached hydrogens (tertiary/aromatic N) is 1. The van der Waals surface area contributed by atoms with Gasteiger partial charge in [0.1, 0.15) is 11.4 Å². The van der Waals surface area contributed by atoms with E-state index >= 15 is 0 Å². The zero-order chi connectivity index (χ0) is 14.8. The third-order valence-electron chi connectivity index (χ3n) is 1.86. The molecule has 0 bridgehead atoms. The highest BCUT2D eigenvalue weighted by atomic mass is 79.9. The molecule has 0 saturated carbocycles. The van der Waals surface area contributed by atoms with Gasteiger partial charge in [-0.05, 0) is 6.07 Å². The fourth-order valence-electron chi connectivity index (χ4n) is 1.20. The van der Waals surface area contributed by atoms with Crippen LogP contribution in [-0.2, 0) is 5.33 Å². The van der Waals surface area contributed by atoms with Crippen LogP contribution in [0.2, 0.25) is 0 Å². The number of hydrogen-bond acceptors (Lipinski definition) is 3. The van der Waals surface area contributed by atoms with Crippen molar-refractivity contribution < 1.29 is 36.6 Å². The van der Waals surface area contributed by atoms with Gasteiger partial charge in [0.25, 0.3) is 6.43 Å². The predicted molar refractivity (Wildman–Crippen MR) is 55.5 cm³/mol. The molecule has 0 unspecified atom stereocenters. The van der Waals surface area contributed by atoms with E-state index in [0.717, 1.165) is 6.07 Å². The molecule has 0 radical (unpaired) electrons. The number of halogens is 6. The second kappa shape index (κ2) is 5.68. The van der Waals surface area contributed by atoms with Crippen molar-refractivity contribution in [3.8, 4) is 5.75 Å². The van der Waals surface area contributed by atoms with Crippen molar-refractivity contribution in [2.75, 3.05) is 0 Å². The van der Waals surface area contributed by atoms with E-state index in [4.69, 9.17) is 5.11 Å². The van der Waals surface area contributed by atoms with E-state index in [1.807, 2.05) is 0 Å². The standard InChI is InChI=1S/C9H5BrF5NO3/c10-2-3-1-4(8(17)18)16-5(7(11)12)6(3)19-9(13,14)15/h1,7H,2H2,(H,17,18). The zero-order valence-electron chi connectivity index (χ0n) is 8.84. The highest BCUT2D eigenvalue weighted by molar-refractivity contribution is 9.08. The lowest BCUT2D eigenvalue weighted by molar-refractivity contribution is -0.275. The summed E-state index contributed by atoms with van der Waals surface area (Å²) in [7, 11) is 0. The Morgan fingerprint density at radius 1 is 1.47 bits per heavy atom. The largest absolute Gasteiger partial charge is 0.573 e. The summed E-state index contributed by atoms with van der Waals surface area (Å²) in [4.78, 5) is 13.6. The van der Waals surface area contributed by atoms with E-state index in [1.54, 1.807) is 0 Å². The molecule has 0 saturated heterocycles. The monoisotopic (exact) mass is 349 g/mol. The molecule has 0 atom stereocenters. The number of carboxylic acid groups (broad SMARTS) is 1. The topological polar surface area (TPSA) is 59.4 Å². The van der Waals surface area contributed by atoms with E-state index in [9.17, 15) is 26.7 Å². The highest BCUT2D eigenvalue weighted by Gasteiger charge is 2.35. The van der Waals surface area contributed by atoms with E-state index in [0.29, 0.717) is 0 Å². The second-order valence-electron chi connectivity index (χ2n) is 3.17. The summed E-state index contributed by atoms with van der Waals surface area (Å²) in [6.45, 7) is 0. The number of alkyl halides is 6. The van der Waals surface area contributed by atoms with Crippen molar-refractivity contribution in [3.63, 3.8) is 0 Å². The SMILES string of the molecule is O=C(O)c1cc(CBr)c(OC(F)(F)F)c(C(F)F)n1. The Kier molecular flexibility index (Phi) is 4.66. The van der Waals surface area contributed by atoms with Crippen molar-refractivity contribution >= 4 is 21.9 Å². The van der Waals surface area contributed by atoms with E-state index in [2.05, 4.69) is 25.7 Å². The maximum absolute atomic E-state index is 12.6. The van der Waals surface area contributed by atoms with Crippen molar-refractivity contribution in [1.82, 2.24) is 4.98 Å². The van der Waals surface area contributed by atoms with Gasteiger partial charge in [0.2, 0.25) is 0 Å². The summed E-state index contributed by atoms with van der Waals surface area (Å²) in [6.07, 6.45) is -8.60. The first-order valence-corrected chi connectivity index (χ1v) is 5.64. The van der Waals surface area contributed by atoms with Gasteiger partial charge in [-0.1, -0.05) is 15.9 Å². The smallest absolute Gasteiger partial charge is 0.477 e. The van der Waals surface area contributed by atoms with Gasteiger partial charge in [0.15, 0.2) is 5.75 Å². The third-order valence-corrected chi connectivity index (χ3v) is 2.47. The van der Waals surface area contributed by atoms with Crippen LogP contribution < -0.4 is 4.74 Å². The van der Waals surface area contributed by atoms with Crippen molar-refractivity contribution in [2.45, 2.75) is 18.1 Å². The van der Waals surface area contributed by atoms with Crippen molar-refractivity contribution in [1.29, 1.82) is 0 Å². The molecule has 19 heavy (non-hydrogen) atoms. The van der Waals surface area contributed by atoms with Crippen LogP contribution in [0.3, 0.4) is 0 Å². The van der Waals surface area contributed by atoms with Gasteiger partial charge in [-0.15, -0.1) is 13.2 Å². The van der Waals surface area contributed by atoms with E-state index in [-0.39, 0.29) is 10.9 Å². The van der Waals surface area contributed by atoms with Crippen LogP contribution in [0.25, 0.3) is 0 Å². The number of aromatic carboxylic acids is 1. The minimum atomic E-state index is -5.19. The number of pyridine rings is 1. The van der Waals surface area contributed by atoms with Crippen LogP contribution in [0.15, 0.2) is 6.07 Å². The fraction of sp³-hybridized carbons (Fsp3) is 0.333. The molecular formula is C9H5BrF5NO3. The summed E-state index contributed by atoms with van der Waals surface area (Å²) >= 11 is 2.77. The summed E-state index contributed by atoms with van der Waals surface area (Å²) in [5, 5.41) is 8.34. The Hall–Kier alpha value is -1.45. The molecule has 106 valence electrons. The molecule has 1 aromatic heterocycles. The van der Waals surface area contributed by atoms with Gasteiger partial charge in [0.05, 0.1) is 0 Å². The molecule has 1 rings (SSSR count). The maximum atomic E-state index is 12.6. The lowest BCUT2D eigenvalue weighted by atomic mass is 10.2. The average Bonchev–Trinajstić information content (AvgIpc) is 2.26. The molecular weight excluding hydrogens is 345 g/mol. The fourth-order valence-corrected chi connectivity index (χ4v) is 1.61. The van der Waals surface area contributed by atoms with Crippen LogP contribution in [0.1, 0.15) is 28.2 Å². The number of carboxylic acids is 1. The summed E-state index contributed by atoms with van der Waals surface area (Å²) in [6, 6.07) is 0.726. The molecule has 0 amide bonds. The van der Waals surface area contributed by atoms with Crippen LogP contribution in [0, 0.1) is 0 Å². The quantitative estimate of drug-likeness (QED) is 0.667. The molecule has 0 aliphatic heterocycles. The zero-order valence-corrected chi connectivity index (χ0v) is 10.4. The lowest BCUT2D eigenvalue weighted by Crippen LogP contribution is -2.20. The van der Waals surface area contributed by atoms with Crippen LogP contribution in [0.4, 0.5) is 22.0 Å². The van der Waals surface area contributed by atoms with Gasteiger partial charge in [-0.2, -0.15) is 0 Å². The molecule has 0 spiro atoms. The Labute approximate surface area is 111 Å². The lowest BCUT2D eigenvalue weighted by Gasteiger charge is -2.16. The van der Waals surface area contributed by atoms with Gasteiger partial charge in [0, 0.05) is 10.9 Å². The molecule has 4 nitrogen and oxygen atoms in total. The number of aromatic nitrogens is 1. The number of hydrogen-bond donors (Lipinski definition) is 1. The number of rotatable bonds is 4. The molecule has 0 aliphatic carbocycles. The Balaban J connectivity index is 3.45. The second-order valence-corrected chi connectivity index (χ2v) is 3.73. The molecule has 1 heterocycles. The minimum absolute atomic E-state index is 0.305. The number of carbonyl (C=O) groups is 1. The van der Waals surface area contributed by atoms with Gasteiger partial charge < -0.3 is 9.84 Å². The van der Waals surface area contributed by atoms with E-state index in [1.165, 1.54) is 0 Å². The van der Waals surface area contributed by atoms with Crippen molar-refractivity contribution in [2.24, 2.45) is 0 Å². The molecule has 1 aromatic rings. The van der Waals surface area contributed by atoms with Crippen LogP contribution >= 0.6 is 15.9 Å². The average molecular weight is 350 g/mol. The normalized spacial score (nSPS) is 11.7. The first-order chi connectivity index (χ1) is 8.65. The maximum Gasteiger partial charge on any atom is 0.573 e. The van der Waals surface area contributed by atoms with E-state index < -0.39 is 35.9 Å². The Bertz CT molecular complexity index is 491. The predicted octanol–water partition coefficient (Wildman–Crippen LogP) is 3.51. The van der Waals surface area contributed by atoms with Gasteiger partial charge >= 0.3 is 12.3 Å². The molecule has 10 heteroatoms. The van der Waals surface area contributed by atoms with Crippen LogP contribution in [0.5, 0.6) is 5.75 Å². The molecule has 0 aromatic carbocycles. The first-order valence-electron chi connectivity index (χ1n) is 4.52.